The first-order valence-electron chi connectivity index (χ1n) is 20.3. The highest BCUT2D eigenvalue weighted by atomic mass is 32.1. The van der Waals surface area contributed by atoms with Crippen LogP contribution in [0, 0.1) is 0 Å². The van der Waals surface area contributed by atoms with E-state index in [9.17, 15) is 0 Å². The van der Waals surface area contributed by atoms with Gasteiger partial charge in [0, 0.05) is 425 Å². The van der Waals surface area contributed by atoms with Crippen LogP contribution in [0.3, 0.4) is 0 Å². The molecule has 0 fully saturated rings. The highest BCUT2D eigenvalue weighted by Gasteiger charge is 2.63. The molecule has 62 heavy (non-hydrogen) atoms. The fourth-order valence-electron chi connectivity index (χ4n) is 10.7. The summed E-state index contributed by atoms with van der Waals surface area (Å²) in [6.07, 6.45) is -41.8. The largest absolute Gasteiger partial charge is 0.248 e. The average Bonchev–Trinajstić information content (AvgIpc) is 3.03. The Hall–Kier alpha value is 4.31. The zero-order valence-electron chi connectivity index (χ0n) is 35.7. The van der Waals surface area contributed by atoms with Gasteiger partial charge in [-0.05, 0) is 0 Å². The van der Waals surface area contributed by atoms with Gasteiger partial charge in [0.1, 0.15) is 5.77 Å². The molecule has 0 saturated heterocycles. The molecule has 62 radical (unpaired) electrons. The van der Waals surface area contributed by atoms with Crippen molar-refractivity contribution < 1.29 is 0 Å². The number of hydrogen-bond donors (Lipinski definition) is 1. The summed E-state index contributed by atoms with van der Waals surface area (Å²) >= 11 is 4.66. The second-order valence-corrected chi connectivity index (χ2v) is 17.8. The minimum absolute atomic E-state index is 1.29. The zero-order chi connectivity index (χ0) is 49.3. The molecular weight excluding hydrogens is 692 g/mol. The molecule has 0 spiro atoms. The van der Waals surface area contributed by atoms with Gasteiger partial charge in [0.05, 0.1) is 0 Å². The SMILES string of the molecule is [B]B([B])B(B([B])[B])B(B(B([B])[B])B([B])[B])B(B(B(B([B])[B])B([B])[B])B(B([B])[B])B([B])[B])B(B(B(B([B])[B])B([B])[B])B(B([B])[B])B([B])[B])B(B(B([B])[B])B([B])[B])B(B([B])[B])B([B])S. The van der Waals surface area contributed by atoms with Crippen LogP contribution in [0.5, 0.6) is 0 Å². The Labute approximate surface area is 439 Å². The number of rotatable bonds is 29. The molecule has 0 rings (SSSR count). The van der Waals surface area contributed by atoms with Gasteiger partial charge in [0.15, 0.2) is 0 Å². The fourth-order valence-corrected chi connectivity index (χ4v) is 11.1. The Morgan fingerprint density at radius 2 is 0.210 bits per heavy atom. The Morgan fingerprint density at radius 3 is 0.290 bits per heavy atom. The van der Waals surface area contributed by atoms with Gasteiger partial charge in [0.2, 0.25) is 0 Å². The normalized spacial score (nSPS) is 9.76. The average molecular weight is 693 g/mol. The maximum absolute atomic E-state index is 6.71. The molecule has 62 heteroatoms. The van der Waals surface area contributed by atoms with E-state index in [0.29, 0.717) is 0 Å². The van der Waals surface area contributed by atoms with Crippen LogP contribution in [0.2, 0.25) is 0 Å². The molecule has 0 aliphatic carbocycles. The lowest BCUT2D eigenvalue weighted by atomic mass is 8.22. The third-order valence-electron chi connectivity index (χ3n) is 12.8. The topological polar surface area (TPSA) is 0 Å². The van der Waals surface area contributed by atoms with Crippen LogP contribution >= 0.6 is 12.5 Å². The standard InChI is InChI=1S/B61HS/c1-32(2)48(33(3)4)56(49(34(5)6)35(7)8)60(57(50(36(9)10)37(11)12)51(38(13)14)39(15)16)61(58(52(40(17)18)41(19)20)53(42(21)22)43(23)24)59(54(44(25)26)45(27)28)55(46(29)30)47(31)62/h62H. The van der Waals surface area contributed by atoms with Crippen LogP contribution < -0.4 is 0 Å². The molecule has 0 aliphatic heterocycles. The van der Waals surface area contributed by atoms with E-state index in [2.05, 4.69) is 12.5 Å². The minimum atomic E-state index is -1.54. The Kier molecular flexibility index (Phi) is 32.5. The molecule has 0 aliphatic rings. The zero-order valence-corrected chi connectivity index (χ0v) is 36.6. The second-order valence-electron chi connectivity index (χ2n) is 17.2. The van der Waals surface area contributed by atoms with Gasteiger partial charge in [-0.25, -0.2) is 12.5 Å². The van der Waals surface area contributed by atoms with Gasteiger partial charge in [-0.1, -0.05) is 0 Å². The van der Waals surface area contributed by atoms with Crippen molar-refractivity contribution in [1.29, 1.82) is 0 Å². The van der Waals surface area contributed by atoms with Gasteiger partial charge in [0.25, 0.3) is 0 Å². The van der Waals surface area contributed by atoms with Crippen molar-refractivity contribution in [2.45, 2.75) is 0 Å². The first-order valence-corrected chi connectivity index (χ1v) is 20.8. The quantitative estimate of drug-likeness (QED) is 0.0586. The molecule has 0 nitrogen and oxygen atoms in total. The molecule has 0 amide bonds. The highest BCUT2D eigenvalue weighted by molar-refractivity contribution is 8.41. The fraction of sp³-hybridized carbons (Fsp3) is 0. The van der Waals surface area contributed by atoms with Gasteiger partial charge < -0.3 is 0 Å². The van der Waals surface area contributed by atoms with Gasteiger partial charge in [-0.2, -0.15) is 0 Å². The summed E-state index contributed by atoms with van der Waals surface area (Å²) in [7, 11) is 206. The molecule has 0 unspecified atom stereocenters. The maximum Gasteiger partial charge on any atom is 0.107 e. The molecule has 0 aromatic carbocycles. The van der Waals surface area contributed by atoms with Crippen molar-refractivity contribution in [1.82, 2.24) is 0 Å². The summed E-state index contributed by atoms with van der Waals surface area (Å²) < 4.78 is 0. The lowest BCUT2D eigenvalue weighted by Crippen LogP contribution is -2.97. The molecular formula is HB61S. The van der Waals surface area contributed by atoms with Crippen LogP contribution in [0.4, 0.5) is 0 Å². The third kappa shape index (κ3) is 17.8. The van der Waals surface area contributed by atoms with Crippen LogP contribution in [0.15, 0.2) is 0 Å². The summed E-state index contributed by atoms with van der Waals surface area (Å²) in [6, 6.07) is 0. The summed E-state index contributed by atoms with van der Waals surface area (Å²) in [4.78, 5) is 0. The Morgan fingerprint density at radius 1 is 0.129 bits per heavy atom. The lowest BCUT2D eigenvalue weighted by molar-refractivity contribution is 3.16. The van der Waals surface area contributed by atoms with Gasteiger partial charge in [-0.3, -0.25) is 0 Å². The number of thiol groups is 1. The van der Waals surface area contributed by atoms with Crippen molar-refractivity contribution in [3.63, 3.8) is 0 Å². The van der Waals surface area contributed by atoms with Crippen LogP contribution in [0.25, 0.3) is 0 Å². The van der Waals surface area contributed by atoms with Crippen molar-refractivity contribution in [2.75, 3.05) is 0 Å². The molecule has 0 atom stereocenters. The van der Waals surface area contributed by atoms with E-state index in [1.807, 2.05) is 0 Å². The molecule has 0 saturated carbocycles. The van der Waals surface area contributed by atoms with E-state index in [1.165, 1.54) is 0 Å². The molecule has 0 heterocycles. The van der Waals surface area contributed by atoms with E-state index < -0.39 is 191 Å². The summed E-state index contributed by atoms with van der Waals surface area (Å²) in [5.74, 6) is -1.30. The smallest absolute Gasteiger partial charge is 0.107 e. The van der Waals surface area contributed by atoms with Crippen LogP contribution in [0.1, 0.15) is 0 Å². The van der Waals surface area contributed by atoms with E-state index in [0.717, 1.165) is 0 Å². The molecule has 190 valence electrons. The predicted octanol–water partition coefficient (Wildman–Crippen LogP) is -22.8. The molecule has 0 aromatic heterocycles. The van der Waals surface area contributed by atoms with Crippen molar-refractivity contribution in [3.05, 3.63) is 0 Å². The number of hydrogen-bond acceptors (Lipinski definition) is 1. The molecule has 0 aromatic rings. The summed E-state index contributed by atoms with van der Waals surface area (Å²) in [5.41, 5.74) is 0. The summed E-state index contributed by atoms with van der Waals surface area (Å²) in [6.45, 7) is 0. The van der Waals surface area contributed by atoms with Crippen LogP contribution in [-0.4, -0.2) is 431 Å². The van der Waals surface area contributed by atoms with E-state index in [4.69, 9.17) is 240 Å². The molecule has 0 bridgehead atoms. The van der Waals surface area contributed by atoms with Gasteiger partial charge >= 0.3 is 0 Å². The summed E-state index contributed by atoms with van der Waals surface area (Å²) in [5, 5.41) is 0. The van der Waals surface area contributed by atoms with Gasteiger partial charge in [-0.15, -0.1) is 0 Å². The minimum Gasteiger partial charge on any atom is -0.248 e. The van der Waals surface area contributed by atoms with Crippen LogP contribution in [-0.2, 0) is 0 Å². The Bertz CT molecular complexity index is 822. The first kappa shape index (κ1) is 66.3. The monoisotopic (exact) mass is 705 g/mol. The lowest BCUT2D eigenvalue weighted by Gasteiger charge is -2.59. The third-order valence-corrected chi connectivity index (χ3v) is 13.2. The van der Waals surface area contributed by atoms with Crippen molar-refractivity contribution >= 4 is 443 Å². The van der Waals surface area contributed by atoms with E-state index in [-0.39, 0.29) is 0 Å². The second kappa shape index (κ2) is 30.4. The Balaban J connectivity index is 10.9. The maximum atomic E-state index is 6.71. The van der Waals surface area contributed by atoms with E-state index >= 15 is 0 Å². The highest BCUT2D eigenvalue weighted by Crippen LogP contribution is 2.25. The predicted molar refractivity (Wildman–Crippen MR) is 360 cm³/mol. The van der Waals surface area contributed by atoms with E-state index in [1.54, 1.807) is 0 Å². The van der Waals surface area contributed by atoms with Crippen molar-refractivity contribution in [3.8, 4) is 0 Å². The first-order chi connectivity index (χ1) is 28.1. The molecule has 0 N–H and O–H groups in total. The van der Waals surface area contributed by atoms with Crippen molar-refractivity contribution in [2.24, 2.45) is 0 Å².